The van der Waals surface area contributed by atoms with Gasteiger partial charge in [-0.3, -0.25) is 9.80 Å². The molecule has 1 aromatic heterocycles. The summed E-state index contributed by atoms with van der Waals surface area (Å²) < 4.78 is 5.37. The number of anilines is 1. The molecule has 0 amide bonds. The van der Waals surface area contributed by atoms with Gasteiger partial charge in [-0.1, -0.05) is 0 Å². The van der Waals surface area contributed by atoms with E-state index in [0.717, 1.165) is 70.4 Å². The molecule has 0 aromatic carbocycles. The molecule has 3 saturated heterocycles. The SMILES string of the molecule is C[C@H]1CN2C[C@H](O)C[C@@H]2CN1Cc1cnc(N2CCOCC2)nc1. The molecule has 0 radical (unpaired) electrons. The maximum absolute atomic E-state index is 9.88. The molecule has 24 heavy (non-hydrogen) atoms. The summed E-state index contributed by atoms with van der Waals surface area (Å²) in [6, 6.07) is 0.982. The van der Waals surface area contributed by atoms with Crippen LogP contribution >= 0.6 is 0 Å². The van der Waals surface area contributed by atoms with Gasteiger partial charge in [0.1, 0.15) is 0 Å². The number of hydrogen-bond donors (Lipinski definition) is 1. The Morgan fingerprint density at radius 3 is 2.67 bits per heavy atom. The number of aliphatic hydroxyl groups excluding tert-OH is 1. The van der Waals surface area contributed by atoms with Gasteiger partial charge in [-0.25, -0.2) is 9.97 Å². The fourth-order valence-electron chi connectivity index (χ4n) is 4.09. The van der Waals surface area contributed by atoms with Gasteiger partial charge in [0.2, 0.25) is 5.95 Å². The first kappa shape index (κ1) is 16.2. The number of rotatable bonds is 3. The Balaban J connectivity index is 1.38. The molecule has 0 saturated carbocycles. The lowest BCUT2D eigenvalue weighted by Crippen LogP contribution is -2.54. The van der Waals surface area contributed by atoms with Gasteiger partial charge in [0.15, 0.2) is 0 Å². The third-order valence-electron chi connectivity index (χ3n) is 5.44. The maximum atomic E-state index is 9.88. The van der Waals surface area contributed by atoms with E-state index in [9.17, 15) is 5.11 Å². The molecule has 7 heteroatoms. The van der Waals surface area contributed by atoms with Crippen molar-refractivity contribution in [1.29, 1.82) is 0 Å². The lowest BCUT2D eigenvalue weighted by Gasteiger charge is -2.42. The van der Waals surface area contributed by atoms with Gasteiger partial charge in [-0.15, -0.1) is 0 Å². The summed E-state index contributed by atoms with van der Waals surface area (Å²) >= 11 is 0. The standard InChI is InChI=1S/C17H27N5O2/c1-13-9-22-12-16(23)6-15(22)11-21(13)10-14-7-18-17(19-8-14)20-2-4-24-5-3-20/h7-8,13,15-16,23H,2-6,9-12H2,1H3/t13-,15+,16+/m0/s1. The van der Waals surface area contributed by atoms with Gasteiger partial charge in [0.25, 0.3) is 0 Å². The van der Waals surface area contributed by atoms with E-state index >= 15 is 0 Å². The topological polar surface area (TPSA) is 65.0 Å². The Kier molecular flexibility index (Phi) is 4.67. The molecule has 3 atom stereocenters. The maximum Gasteiger partial charge on any atom is 0.225 e. The minimum Gasteiger partial charge on any atom is -0.392 e. The monoisotopic (exact) mass is 333 g/mol. The van der Waals surface area contributed by atoms with Crippen LogP contribution in [0.3, 0.4) is 0 Å². The molecule has 4 rings (SSSR count). The van der Waals surface area contributed by atoms with Crippen molar-refractivity contribution in [3.05, 3.63) is 18.0 Å². The normalized spacial score (nSPS) is 32.1. The fourth-order valence-corrected chi connectivity index (χ4v) is 4.09. The molecule has 3 aliphatic heterocycles. The van der Waals surface area contributed by atoms with Crippen LogP contribution in [0.25, 0.3) is 0 Å². The van der Waals surface area contributed by atoms with Crippen LogP contribution < -0.4 is 4.90 Å². The highest BCUT2D eigenvalue weighted by Crippen LogP contribution is 2.26. The smallest absolute Gasteiger partial charge is 0.225 e. The molecule has 1 aromatic rings. The Hall–Kier alpha value is -1.28. The van der Waals surface area contributed by atoms with Crippen LogP contribution in [0.5, 0.6) is 0 Å². The molecule has 0 aliphatic carbocycles. The summed E-state index contributed by atoms with van der Waals surface area (Å²) in [6.45, 7) is 9.26. The first-order chi connectivity index (χ1) is 11.7. The number of fused-ring (bicyclic) bond motifs is 1. The van der Waals surface area contributed by atoms with Crippen molar-refractivity contribution in [3.8, 4) is 0 Å². The molecule has 7 nitrogen and oxygen atoms in total. The number of nitrogens with zero attached hydrogens (tertiary/aromatic N) is 5. The molecule has 1 N–H and O–H groups in total. The second-order valence-corrected chi connectivity index (χ2v) is 7.27. The van der Waals surface area contributed by atoms with Crippen LogP contribution in [0.15, 0.2) is 12.4 Å². The molecule has 0 unspecified atom stereocenters. The third-order valence-corrected chi connectivity index (χ3v) is 5.44. The Labute approximate surface area is 143 Å². The van der Waals surface area contributed by atoms with Crippen molar-refractivity contribution in [1.82, 2.24) is 19.8 Å². The zero-order chi connectivity index (χ0) is 16.5. The average molecular weight is 333 g/mol. The van der Waals surface area contributed by atoms with Gasteiger partial charge in [-0.2, -0.15) is 0 Å². The van der Waals surface area contributed by atoms with E-state index in [2.05, 4.69) is 31.6 Å². The number of piperazine rings is 1. The first-order valence-electron chi connectivity index (χ1n) is 8.99. The fraction of sp³-hybridized carbons (Fsp3) is 0.765. The van der Waals surface area contributed by atoms with Crippen LogP contribution in [-0.4, -0.2) is 89.0 Å². The predicted octanol–water partition coefficient (Wildman–Crippen LogP) is -0.0475. The lowest BCUT2D eigenvalue weighted by molar-refractivity contribution is 0.0527. The van der Waals surface area contributed by atoms with Crippen LogP contribution in [-0.2, 0) is 11.3 Å². The minimum atomic E-state index is -0.154. The molecule has 0 spiro atoms. The molecular formula is C17H27N5O2. The van der Waals surface area contributed by atoms with Crippen molar-refractivity contribution in [3.63, 3.8) is 0 Å². The highest BCUT2D eigenvalue weighted by Gasteiger charge is 2.38. The average Bonchev–Trinajstić information content (AvgIpc) is 2.95. The van der Waals surface area contributed by atoms with E-state index in [0.29, 0.717) is 12.1 Å². The van der Waals surface area contributed by atoms with Gasteiger partial charge >= 0.3 is 0 Å². The van der Waals surface area contributed by atoms with Crippen LogP contribution in [0.1, 0.15) is 18.9 Å². The van der Waals surface area contributed by atoms with E-state index in [4.69, 9.17) is 4.74 Å². The van der Waals surface area contributed by atoms with Crippen molar-refractivity contribution in [2.45, 2.75) is 38.1 Å². The quantitative estimate of drug-likeness (QED) is 0.832. The van der Waals surface area contributed by atoms with Crippen molar-refractivity contribution >= 4 is 5.95 Å². The summed E-state index contributed by atoms with van der Waals surface area (Å²) in [5.74, 6) is 0.804. The lowest BCUT2D eigenvalue weighted by atomic mass is 10.1. The van der Waals surface area contributed by atoms with E-state index < -0.39 is 0 Å². The summed E-state index contributed by atoms with van der Waals surface area (Å²) in [6.07, 6.45) is 4.66. The summed E-state index contributed by atoms with van der Waals surface area (Å²) in [5.41, 5.74) is 1.16. The van der Waals surface area contributed by atoms with Gasteiger partial charge in [0, 0.05) is 69.3 Å². The Bertz CT molecular complexity index is 548. The number of ether oxygens (including phenoxy) is 1. The Morgan fingerprint density at radius 1 is 1.17 bits per heavy atom. The molecule has 3 aliphatic rings. The van der Waals surface area contributed by atoms with E-state index in [1.54, 1.807) is 0 Å². The van der Waals surface area contributed by atoms with Crippen molar-refractivity contribution in [2.24, 2.45) is 0 Å². The summed E-state index contributed by atoms with van der Waals surface area (Å²) in [5, 5.41) is 9.88. The largest absolute Gasteiger partial charge is 0.392 e. The van der Waals surface area contributed by atoms with Crippen LogP contribution in [0, 0.1) is 0 Å². The Morgan fingerprint density at radius 2 is 1.92 bits per heavy atom. The first-order valence-corrected chi connectivity index (χ1v) is 8.99. The summed E-state index contributed by atoms with van der Waals surface area (Å²) in [7, 11) is 0. The number of aromatic nitrogens is 2. The zero-order valence-corrected chi connectivity index (χ0v) is 14.3. The van der Waals surface area contributed by atoms with E-state index in [-0.39, 0.29) is 6.10 Å². The van der Waals surface area contributed by atoms with Crippen molar-refractivity contribution in [2.75, 3.05) is 50.8 Å². The zero-order valence-electron chi connectivity index (χ0n) is 14.3. The minimum absolute atomic E-state index is 0.154. The number of aliphatic hydroxyl groups is 1. The van der Waals surface area contributed by atoms with Gasteiger partial charge in [-0.05, 0) is 13.3 Å². The van der Waals surface area contributed by atoms with Crippen LogP contribution in [0.4, 0.5) is 5.95 Å². The van der Waals surface area contributed by atoms with E-state index in [1.807, 2.05) is 12.4 Å². The van der Waals surface area contributed by atoms with E-state index in [1.165, 1.54) is 0 Å². The summed E-state index contributed by atoms with van der Waals surface area (Å²) in [4.78, 5) is 16.2. The molecular weight excluding hydrogens is 306 g/mol. The van der Waals surface area contributed by atoms with Gasteiger partial charge in [0.05, 0.1) is 19.3 Å². The predicted molar refractivity (Wildman–Crippen MR) is 90.9 cm³/mol. The van der Waals surface area contributed by atoms with Gasteiger partial charge < -0.3 is 14.7 Å². The molecule has 0 bridgehead atoms. The number of morpholine rings is 1. The molecule has 132 valence electrons. The highest BCUT2D eigenvalue weighted by atomic mass is 16.5. The highest BCUT2D eigenvalue weighted by molar-refractivity contribution is 5.30. The van der Waals surface area contributed by atoms with Crippen LogP contribution in [0.2, 0.25) is 0 Å². The van der Waals surface area contributed by atoms with Crippen molar-refractivity contribution < 1.29 is 9.84 Å². The second-order valence-electron chi connectivity index (χ2n) is 7.27. The third kappa shape index (κ3) is 3.39. The molecule has 4 heterocycles. The number of hydrogen-bond acceptors (Lipinski definition) is 7. The second kappa shape index (κ2) is 6.92. The molecule has 3 fully saturated rings.